The van der Waals surface area contributed by atoms with Crippen LogP contribution in [0.25, 0.3) is 5.13 Å². The van der Waals surface area contributed by atoms with Gasteiger partial charge in [0, 0.05) is 23.5 Å². The van der Waals surface area contributed by atoms with Gasteiger partial charge in [0.1, 0.15) is 6.33 Å². The highest BCUT2D eigenvalue weighted by atomic mass is 35.5. The van der Waals surface area contributed by atoms with E-state index < -0.39 is 0 Å². The molecule has 0 aliphatic rings. The molecule has 0 radical (unpaired) electrons. The maximum atomic E-state index is 5.65. The number of alkyl halides is 1. The molecule has 0 saturated carbocycles. The lowest BCUT2D eigenvalue weighted by Gasteiger charge is -1.91. The minimum absolute atomic E-state index is 0.520. The number of halogens is 1. The van der Waals surface area contributed by atoms with Crippen LogP contribution in [0, 0.1) is 0 Å². The number of imidazole rings is 1. The first-order valence-corrected chi connectivity index (χ1v) is 4.74. The molecule has 2 heterocycles. The summed E-state index contributed by atoms with van der Waals surface area (Å²) in [6.45, 7) is 0. The van der Waals surface area contributed by atoms with Crippen molar-refractivity contribution >= 4 is 22.9 Å². The lowest BCUT2D eigenvalue weighted by Crippen LogP contribution is -1.86. The fraction of sp³-hybridized carbons (Fsp3) is 0.143. The standard InChI is InChI=1S/C7H6ClN3S/c8-3-6-4-10-7(12-6)11-2-1-9-5-11/h1-2,4-5H,3H2. The van der Waals surface area contributed by atoms with E-state index in [1.807, 2.05) is 10.8 Å². The van der Waals surface area contributed by atoms with Crippen molar-refractivity contribution in [3.05, 3.63) is 29.8 Å². The highest BCUT2D eigenvalue weighted by molar-refractivity contribution is 7.14. The van der Waals surface area contributed by atoms with Crippen LogP contribution >= 0.6 is 22.9 Å². The molecule has 0 amide bonds. The zero-order chi connectivity index (χ0) is 8.39. The Kier molecular flexibility index (Phi) is 2.10. The van der Waals surface area contributed by atoms with Crippen molar-refractivity contribution in [2.24, 2.45) is 0 Å². The normalized spacial score (nSPS) is 10.4. The second kappa shape index (κ2) is 3.25. The van der Waals surface area contributed by atoms with Gasteiger partial charge < -0.3 is 0 Å². The largest absolute Gasteiger partial charge is 0.282 e. The molecule has 12 heavy (non-hydrogen) atoms. The van der Waals surface area contributed by atoms with E-state index in [9.17, 15) is 0 Å². The average Bonchev–Trinajstić information content (AvgIpc) is 2.75. The van der Waals surface area contributed by atoms with Crippen molar-refractivity contribution in [3.63, 3.8) is 0 Å². The molecule has 0 saturated heterocycles. The van der Waals surface area contributed by atoms with Gasteiger partial charge in [0.05, 0.1) is 5.88 Å². The van der Waals surface area contributed by atoms with Crippen LogP contribution in [0.4, 0.5) is 0 Å². The second-order valence-corrected chi connectivity index (χ2v) is 3.57. The van der Waals surface area contributed by atoms with Gasteiger partial charge in [-0.15, -0.1) is 11.6 Å². The molecule has 0 aliphatic heterocycles. The lowest BCUT2D eigenvalue weighted by atomic mass is 10.6. The van der Waals surface area contributed by atoms with Gasteiger partial charge in [0.25, 0.3) is 0 Å². The summed E-state index contributed by atoms with van der Waals surface area (Å²) in [4.78, 5) is 9.19. The molecular weight excluding hydrogens is 194 g/mol. The average molecular weight is 200 g/mol. The summed E-state index contributed by atoms with van der Waals surface area (Å²) in [6, 6.07) is 0. The Hall–Kier alpha value is -0.870. The molecule has 0 atom stereocenters. The van der Waals surface area contributed by atoms with E-state index in [1.54, 1.807) is 30.1 Å². The molecule has 2 rings (SSSR count). The van der Waals surface area contributed by atoms with E-state index in [0.717, 1.165) is 10.0 Å². The summed E-state index contributed by atoms with van der Waals surface area (Å²) >= 11 is 7.22. The maximum absolute atomic E-state index is 5.65. The predicted molar refractivity (Wildman–Crippen MR) is 48.8 cm³/mol. The minimum Gasteiger partial charge on any atom is -0.282 e. The van der Waals surface area contributed by atoms with Gasteiger partial charge in [0.2, 0.25) is 0 Å². The van der Waals surface area contributed by atoms with E-state index >= 15 is 0 Å². The van der Waals surface area contributed by atoms with Crippen LogP contribution in [0.2, 0.25) is 0 Å². The number of thiazole rings is 1. The summed E-state index contributed by atoms with van der Waals surface area (Å²) < 4.78 is 1.86. The van der Waals surface area contributed by atoms with E-state index in [-0.39, 0.29) is 0 Å². The molecule has 5 heteroatoms. The second-order valence-electron chi connectivity index (χ2n) is 2.21. The van der Waals surface area contributed by atoms with Gasteiger partial charge in [0.15, 0.2) is 5.13 Å². The monoisotopic (exact) mass is 199 g/mol. The number of aromatic nitrogens is 3. The quantitative estimate of drug-likeness (QED) is 0.694. The van der Waals surface area contributed by atoms with Crippen molar-refractivity contribution in [2.75, 3.05) is 0 Å². The molecule has 0 aromatic carbocycles. The molecule has 62 valence electrons. The Labute approximate surface area is 78.7 Å². The van der Waals surface area contributed by atoms with Gasteiger partial charge >= 0.3 is 0 Å². The first kappa shape index (κ1) is 7.76. The van der Waals surface area contributed by atoms with E-state index in [4.69, 9.17) is 11.6 Å². The molecule has 0 fully saturated rings. The van der Waals surface area contributed by atoms with Gasteiger partial charge in [-0.25, -0.2) is 9.97 Å². The van der Waals surface area contributed by atoms with Crippen molar-refractivity contribution in [2.45, 2.75) is 5.88 Å². The van der Waals surface area contributed by atoms with Crippen molar-refractivity contribution in [3.8, 4) is 5.13 Å². The summed E-state index contributed by atoms with van der Waals surface area (Å²) in [5, 5.41) is 0.906. The summed E-state index contributed by atoms with van der Waals surface area (Å²) in [5.41, 5.74) is 0. The summed E-state index contributed by atoms with van der Waals surface area (Å²) in [5.74, 6) is 0.520. The minimum atomic E-state index is 0.520. The van der Waals surface area contributed by atoms with Crippen molar-refractivity contribution in [1.82, 2.24) is 14.5 Å². The smallest absolute Gasteiger partial charge is 0.195 e. The predicted octanol–water partition coefficient (Wildman–Crippen LogP) is 2.07. The fourth-order valence-electron chi connectivity index (χ4n) is 0.851. The molecule has 3 nitrogen and oxygen atoms in total. The molecular formula is C7H6ClN3S. The molecule has 0 unspecified atom stereocenters. The molecule has 2 aromatic rings. The van der Waals surface area contributed by atoms with E-state index in [2.05, 4.69) is 9.97 Å². The zero-order valence-corrected chi connectivity index (χ0v) is 7.72. The van der Waals surface area contributed by atoms with Crippen LogP contribution in [0.1, 0.15) is 4.88 Å². The summed E-state index contributed by atoms with van der Waals surface area (Å²) in [7, 11) is 0. The van der Waals surface area contributed by atoms with Gasteiger partial charge in [-0.3, -0.25) is 4.57 Å². The third kappa shape index (κ3) is 1.35. The molecule has 0 spiro atoms. The Morgan fingerprint density at radius 2 is 2.50 bits per heavy atom. The number of rotatable bonds is 2. The first-order valence-electron chi connectivity index (χ1n) is 3.39. The highest BCUT2D eigenvalue weighted by Crippen LogP contribution is 2.18. The van der Waals surface area contributed by atoms with Gasteiger partial charge in [-0.05, 0) is 0 Å². The van der Waals surface area contributed by atoms with Gasteiger partial charge in [-0.2, -0.15) is 0 Å². The van der Waals surface area contributed by atoms with Crippen molar-refractivity contribution in [1.29, 1.82) is 0 Å². The third-order valence-corrected chi connectivity index (χ3v) is 2.86. The topological polar surface area (TPSA) is 30.7 Å². The molecule has 0 aliphatic carbocycles. The zero-order valence-electron chi connectivity index (χ0n) is 6.14. The maximum Gasteiger partial charge on any atom is 0.195 e. The van der Waals surface area contributed by atoms with E-state index in [1.165, 1.54) is 0 Å². The van der Waals surface area contributed by atoms with Gasteiger partial charge in [-0.1, -0.05) is 11.3 Å². The van der Waals surface area contributed by atoms with Crippen LogP contribution in [-0.2, 0) is 5.88 Å². The molecule has 0 bridgehead atoms. The number of hydrogen-bond donors (Lipinski definition) is 0. The third-order valence-electron chi connectivity index (χ3n) is 1.40. The van der Waals surface area contributed by atoms with E-state index in [0.29, 0.717) is 5.88 Å². The number of nitrogens with zero attached hydrogens (tertiary/aromatic N) is 3. The van der Waals surface area contributed by atoms with Crippen LogP contribution in [0.5, 0.6) is 0 Å². The SMILES string of the molecule is ClCc1cnc(-n2ccnc2)s1. The summed E-state index contributed by atoms with van der Waals surface area (Å²) in [6.07, 6.45) is 7.09. The van der Waals surface area contributed by atoms with Crippen LogP contribution < -0.4 is 0 Å². The van der Waals surface area contributed by atoms with Crippen LogP contribution in [0.15, 0.2) is 24.9 Å². The highest BCUT2D eigenvalue weighted by Gasteiger charge is 2.01. The molecule has 2 aromatic heterocycles. The number of hydrogen-bond acceptors (Lipinski definition) is 3. The Balaban J connectivity index is 2.35. The fourth-order valence-corrected chi connectivity index (χ4v) is 1.80. The molecule has 0 N–H and O–H groups in total. The first-order chi connectivity index (χ1) is 5.90. The Morgan fingerprint density at radius 3 is 3.08 bits per heavy atom. The Bertz CT molecular complexity index is 354. The van der Waals surface area contributed by atoms with Crippen molar-refractivity contribution < 1.29 is 0 Å². The van der Waals surface area contributed by atoms with Crippen LogP contribution in [-0.4, -0.2) is 14.5 Å². The Morgan fingerprint density at radius 1 is 1.58 bits per heavy atom. The lowest BCUT2D eigenvalue weighted by molar-refractivity contribution is 1.03. The van der Waals surface area contributed by atoms with Crippen LogP contribution in [0.3, 0.4) is 0 Å².